The first-order chi connectivity index (χ1) is 5.25. The predicted octanol–water partition coefficient (Wildman–Crippen LogP) is 1.36. The van der Waals surface area contributed by atoms with Gasteiger partial charge in [0.1, 0.15) is 0 Å². The van der Waals surface area contributed by atoms with Gasteiger partial charge in [0.15, 0.2) is 5.78 Å². The highest BCUT2D eigenvalue weighted by molar-refractivity contribution is 5.93. The number of rotatable bonds is 0. The van der Waals surface area contributed by atoms with Gasteiger partial charge in [-0.15, -0.1) is 0 Å². The molecular formula is C9H11NO. The monoisotopic (exact) mass is 149 g/mol. The van der Waals surface area contributed by atoms with E-state index in [2.05, 4.69) is 4.99 Å². The molecule has 11 heavy (non-hydrogen) atoms. The van der Waals surface area contributed by atoms with Crippen LogP contribution >= 0.6 is 0 Å². The zero-order valence-corrected chi connectivity index (χ0v) is 6.58. The minimum atomic E-state index is 0.260. The third kappa shape index (κ3) is 1.13. The third-order valence-corrected chi connectivity index (χ3v) is 2.35. The highest BCUT2D eigenvalue weighted by Gasteiger charge is 2.29. The van der Waals surface area contributed by atoms with Crippen LogP contribution in [0.5, 0.6) is 0 Å². The van der Waals surface area contributed by atoms with Gasteiger partial charge >= 0.3 is 0 Å². The lowest BCUT2D eigenvalue weighted by Crippen LogP contribution is -2.19. The summed E-state index contributed by atoms with van der Waals surface area (Å²) in [6.07, 6.45) is 5.32. The van der Waals surface area contributed by atoms with Crippen LogP contribution in [0.4, 0.5) is 0 Å². The summed E-state index contributed by atoms with van der Waals surface area (Å²) in [4.78, 5) is 15.4. The summed E-state index contributed by atoms with van der Waals surface area (Å²) in [5, 5.41) is 0. The summed E-state index contributed by atoms with van der Waals surface area (Å²) in [6.45, 7) is 2.04. The summed E-state index contributed by atoms with van der Waals surface area (Å²) in [7, 11) is 0. The number of fused-ring (bicyclic) bond motifs is 1. The van der Waals surface area contributed by atoms with Crippen LogP contribution in [-0.4, -0.2) is 17.5 Å². The Kier molecular flexibility index (Phi) is 1.41. The first-order valence-corrected chi connectivity index (χ1v) is 4.00. The molecule has 0 aromatic rings. The molecule has 1 heterocycles. The van der Waals surface area contributed by atoms with Crippen molar-refractivity contribution in [3.05, 3.63) is 12.2 Å². The highest BCUT2D eigenvalue weighted by Crippen LogP contribution is 2.28. The van der Waals surface area contributed by atoms with Crippen LogP contribution in [0.2, 0.25) is 0 Å². The largest absolute Gasteiger partial charge is 0.295 e. The van der Waals surface area contributed by atoms with Crippen molar-refractivity contribution in [2.24, 2.45) is 10.9 Å². The van der Waals surface area contributed by atoms with Gasteiger partial charge in [-0.05, 0) is 25.3 Å². The van der Waals surface area contributed by atoms with E-state index in [0.29, 0.717) is 18.4 Å². The van der Waals surface area contributed by atoms with Crippen molar-refractivity contribution in [1.29, 1.82) is 0 Å². The molecule has 2 heteroatoms. The van der Waals surface area contributed by atoms with Gasteiger partial charge in [-0.1, -0.05) is 6.08 Å². The van der Waals surface area contributed by atoms with Crippen molar-refractivity contribution in [2.75, 3.05) is 0 Å². The Labute approximate surface area is 66.0 Å². The molecule has 2 rings (SSSR count). The molecule has 2 aliphatic rings. The summed E-state index contributed by atoms with van der Waals surface area (Å²) < 4.78 is 0. The Hall–Kier alpha value is -0.920. The summed E-state index contributed by atoms with van der Waals surface area (Å²) in [6, 6.07) is 0.313. The molecule has 2 nitrogen and oxygen atoms in total. The number of aliphatic imine (C=N–C) groups is 1. The smallest absolute Gasteiger partial charge is 0.155 e. The third-order valence-electron chi connectivity index (χ3n) is 2.35. The lowest BCUT2D eigenvalue weighted by molar-refractivity contribution is -0.115. The Morgan fingerprint density at radius 2 is 2.36 bits per heavy atom. The number of ketones is 1. The fourth-order valence-electron chi connectivity index (χ4n) is 1.84. The number of allylic oxidation sites excluding steroid dienone is 1. The second-order valence-corrected chi connectivity index (χ2v) is 3.35. The summed E-state index contributed by atoms with van der Waals surface area (Å²) in [5.74, 6) is 0.739. The molecule has 0 bridgehead atoms. The molecule has 1 aliphatic carbocycles. The molecule has 1 aliphatic heterocycles. The molecular weight excluding hydrogens is 138 g/mol. The number of hydrogen-bond acceptors (Lipinski definition) is 2. The average Bonchev–Trinajstić information content (AvgIpc) is 2.27. The van der Waals surface area contributed by atoms with E-state index in [-0.39, 0.29) is 5.78 Å². The van der Waals surface area contributed by atoms with E-state index in [9.17, 15) is 4.79 Å². The van der Waals surface area contributed by atoms with E-state index in [1.54, 1.807) is 6.08 Å². The van der Waals surface area contributed by atoms with Crippen LogP contribution in [0.25, 0.3) is 0 Å². The molecule has 0 N–H and O–H groups in total. The number of hydrogen-bond donors (Lipinski definition) is 0. The van der Waals surface area contributed by atoms with Gasteiger partial charge in [-0.2, -0.15) is 0 Å². The van der Waals surface area contributed by atoms with E-state index in [0.717, 1.165) is 6.42 Å². The molecule has 0 saturated carbocycles. The molecule has 58 valence electrons. The topological polar surface area (TPSA) is 29.4 Å². The van der Waals surface area contributed by atoms with Gasteiger partial charge in [0.2, 0.25) is 0 Å². The Morgan fingerprint density at radius 1 is 1.55 bits per heavy atom. The minimum Gasteiger partial charge on any atom is -0.295 e. The van der Waals surface area contributed by atoms with Gasteiger partial charge in [0, 0.05) is 12.1 Å². The maximum Gasteiger partial charge on any atom is 0.155 e. The zero-order chi connectivity index (χ0) is 7.84. The maximum atomic E-state index is 11.0. The normalized spacial score (nSPS) is 35.4. The van der Waals surface area contributed by atoms with Gasteiger partial charge in [0.25, 0.3) is 0 Å². The molecule has 0 aromatic heterocycles. The zero-order valence-electron chi connectivity index (χ0n) is 6.58. The maximum absolute atomic E-state index is 11.0. The van der Waals surface area contributed by atoms with E-state index in [4.69, 9.17) is 0 Å². The molecule has 0 aromatic carbocycles. The lowest BCUT2D eigenvalue weighted by Gasteiger charge is -2.16. The first kappa shape index (κ1) is 6.77. The SMILES string of the molecule is CC1=NC2C=CC(=O)CC2C1. The van der Waals surface area contributed by atoms with Crippen molar-refractivity contribution in [3.8, 4) is 0 Å². The minimum absolute atomic E-state index is 0.260. The van der Waals surface area contributed by atoms with Crippen molar-refractivity contribution < 1.29 is 4.79 Å². The van der Waals surface area contributed by atoms with E-state index < -0.39 is 0 Å². The fourth-order valence-corrected chi connectivity index (χ4v) is 1.84. The summed E-state index contributed by atoms with van der Waals surface area (Å²) in [5.41, 5.74) is 1.19. The van der Waals surface area contributed by atoms with E-state index in [1.165, 1.54) is 5.71 Å². The van der Waals surface area contributed by atoms with Crippen LogP contribution in [0.15, 0.2) is 17.1 Å². The highest BCUT2D eigenvalue weighted by atomic mass is 16.1. The Morgan fingerprint density at radius 3 is 3.18 bits per heavy atom. The number of carbonyl (C=O) groups excluding carboxylic acids is 1. The van der Waals surface area contributed by atoms with Gasteiger partial charge in [-0.25, -0.2) is 0 Å². The predicted molar refractivity (Wildman–Crippen MR) is 43.8 cm³/mol. The first-order valence-electron chi connectivity index (χ1n) is 4.00. The Balaban J connectivity index is 2.21. The number of nitrogens with zero attached hydrogens (tertiary/aromatic N) is 1. The van der Waals surface area contributed by atoms with Crippen LogP contribution in [0, 0.1) is 5.92 Å². The van der Waals surface area contributed by atoms with Crippen LogP contribution in [0.3, 0.4) is 0 Å². The average molecular weight is 149 g/mol. The standard InChI is InChI=1S/C9H11NO/c1-6-4-7-5-8(11)2-3-9(7)10-6/h2-3,7,9H,4-5H2,1H3. The molecule has 0 fully saturated rings. The quantitative estimate of drug-likeness (QED) is 0.511. The lowest BCUT2D eigenvalue weighted by atomic mass is 9.88. The number of carbonyl (C=O) groups is 1. The molecule has 2 unspecified atom stereocenters. The van der Waals surface area contributed by atoms with Crippen molar-refractivity contribution in [3.63, 3.8) is 0 Å². The molecule has 2 atom stereocenters. The summed E-state index contributed by atoms with van der Waals surface area (Å²) >= 11 is 0. The van der Waals surface area contributed by atoms with E-state index in [1.807, 2.05) is 13.0 Å². The molecule has 0 amide bonds. The molecule has 0 saturated heterocycles. The van der Waals surface area contributed by atoms with Crippen LogP contribution in [-0.2, 0) is 4.79 Å². The second kappa shape index (κ2) is 2.29. The Bertz CT molecular complexity index is 252. The van der Waals surface area contributed by atoms with Crippen molar-refractivity contribution in [1.82, 2.24) is 0 Å². The molecule has 0 spiro atoms. The fraction of sp³-hybridized carbons (Fsp3) is 0.556. The van der Waals surface area contributed by atoms with Crippen LogP contribution in [0.1, 0.15) is 19.8 Å². The van der Waals surface area contributed by atoms with Gasteiger partial charge in [0.05, 0.1) is 6.04 Å². The second-order valence-electron chi connectivity index (χ2n) is 3.35. The van der Waals surface area contributed by atoms with Crippen molar-refractivity contribution in [2.45, 2.75) is 25.8 Å². The van der Waals surface area contributed by atoms with Gasteiger partial charge < -0.3 is 0 Å². The van der Waals surface area contributed by atoms with E-state index >= 15 is 0 Å². The molecule has 0 radical (unpaired) electrons. The van der Waals surface area contributed by atoms with Crippen LogP contribution < -0.4 is 0 Å². The van der Waals surface area contributed by atoms with Crippen molar-refractivity contribution >= 4 is 11.5 Å². The van der Waals surface area contributed by atoms with Gasteiger partial charge in [-0.3, -0.25) is 9.79 Å².